The Morgan fingerprint density at radius 2 is 2.04 bits per heavy atom. The minimum absolute atomic E-state index is 0.243. The van der Waals surface area contributed by atoms with Gasteiger partial charge in [-0.05, 0) is 12.1 Å². The number of fused-ring (bicyclic) bond motifs is 1. The molecule has 1 aliphatic rings. The van der Waals surface area contributed by atoms with E-state index >= 15 is 0 Å². The lowest BCUT2D eigenvalue weighted by Crippen LogP contribution is -2.34. The summed E-state index contributed by atoms with van der Waals surface area (Å²) in [5.41, 5.74) is 2.39. The number of carbonyl (C=O) groups excluding carboxylic acids is 1. The highest BCUT2D eigenvalue weighted by Gasteiger charge is 2.47. The van der Waals surface area contributed by atoms with Gasteiger partial charge < -0.3 is 15.6 Å². The highest BCUT2D eigenvalue weighted by atomic mass is 35.5. The number of benzene rings is 1. The third-order valence-electron chi connectivity index (χ3n) is 4.44. The molecule has 2 amide bonds. The second kappa shape index (κ2) is 6.25. The molecule has 0 unspecified atom stereocenters. The average molecular weight is 377 g/mol. The first-order chi connectivity index (χ1) is 12.4. The molecule has 1 fully saturated rings. The van der Waals surface area contributed by atoms with Crippen LogP contribution in [0.1, 0.15) is 24.5 Å². The van der Waals surface area contributed by atoms with Gasteiger partial charge in [0, 0.05) is 35.9 Å². The quantitative estimate of drug-likeness (QED) is 0.575. The number of urea groups is 1. The lowest BCUT2D eigenvalue weighted by Gasteiger charge is -2.34. The molecular formula is C18H15ClF2N4O. The maximum Gasteiger partial charge on any atom is 0.323 e. The summed E-state index contributed by atoms with van der Waals surface area (Å²) in [5.74, 6) is -2.97. The van der Waals surface area contributed by atoms with Gasteiger partial charge in [-0.2, -0.15) is 0 Å². The Kier molecular flexibility index (Phi) is 4.03. The van der Waals surface area contributed by atoms with Crippen molar-refractivity contribution in [3.8, 4) is 0 Å². The minimum atomic E-state index is -2.63. The number of hydrogen-bond donors (Lipinski definition) is 3. The molecule has 2 heterocycles. The van der Waals surface area contributed by atoms with E-state index in [-0.39, 0.29) is 23.8 Å². The second-order valence-corrected chi connectivity index (χ2v) is 6.79. The fourth-order valence-electron chi connectivity index (χ4n) is 3.13. The summed E-state index contributed by atoms with van der Waals surface area (Å²) in [5, 5.41) is 6.56. The Bertz CT molecular complexity index is 980. The Morgan fingerprint density at radius 3 is 2.77 bits per heavy atom. The maximum atomic E-state index is 13.0. The lowest BCUT2D eigenvalue weighted by atomic mass is 9.79. The zero-order valence-corrected chi connectivity index (χ0v) is 14.3. The number of nitrogens with zero attached hydrogens (tertiary/aromatic N) is 1. The Hall–Kier alpha value is -2.67. The van der Waals surface area contributed by atoms with Crippen molar-refractivity contribution >= 4 is 39.9 Å². The number of hydrogen-bond acceptors (Lipinski definition) is 2. The first kappa shape index (κ1) is 16.8. The third-order valence-corrected chi connectivity index (χ3v) is 4.74. The van der Waals surface area contributed by atoms with Crippen molar-refractivity contribution in [1.29, 1.82) is 0 Å². The van der Waals surface area contributed by atoms with Crippen molar-refractivity contribution in [1.82, 2.24) is 9.97 Å². The average Bonchev–Trinajstić information content (AvgIpc) is 2.96. The summed E-state index contributed by atoms with van der Waals surface area (Å²) >= 11 is 6.15. The largest absolute Gasteiger partial charge is 0.359 e. The fourth-order valence-corrected chi connectivity index (χ4v) is 3.45. The standard InChI is InChI=1S/C18H15ClF2N4O/c19-13-5-11(8-23-16(13)10-6-18(20,21)7-10)24-17(26)25-15-9-22-14-4-2-1-3-12(14)15/h1-5,8-10,22H,6-7H2,(H2,24,25,26). The smallest absolute Gasteiger partial charge is 0.323 e. The molecule has 134 valence electrons. The second-order valence-electron chi connectivity index (χ2n) is 6.38. The van der Waals surface area contributed by atoms with E-state index < -0.39 is 12.0 Å². The van der Waals surface area contributed by atoms with Crippen LogP contribution in [-0.2, 0) is 0 Å². The first-order valence-corrected chi connectivity index (χ1v) is 8.46. The summed E-state index contributed by atoms with van der Waals surface area (Å²) in [6.45, 7) is 0. The molecule has 0 aliphatic heterocycles. The third kappa shape index (κ3) is 3.22. The molecule has 0 spiro atoms. The number of halogens is 3. The molecule has 0 bridgehead atoms. The van der Waals surface area contributed by atoms with Crippen molar-refractivity contribution in [2.75, 3.05) is 10.6 Å². The monoisotopic (exact) mass is 376 g/mol. The summed E-state index contributed by atoms with van der Waals surface area (Å²) in [4.78, 5) is 19.4. The fraction of sp³-hybridized carbons (Fsp3) is 0.222. The summed E-state index contributed by atoms with van der Waals surface area (Å²) in [6, 6.07) is 8.65. The molecule has 1 aromatic carbocycles. The van der Waals surface area contributed by atoms with Gasteiger partial charge >= 0.3 is 6.03 Å². The molecule has 3 aromatic rings. The van der Waals surface area contributed by atoms with Crippen LogP contribution in [-0.4, -0.2) is 21.9 Å². The van der Waals surface area contributed by atoms with Gasteiger partial charge in [0.2, 0.25) is 5.92 Å². The minimum Gasteiger partial charge on any atom is -0.359 e. The number of amides is 2. The van der Waals surface area contributed by atoms with Gasteiger partial charge in [0.1, 0.15) is 0 Å². The molecule has 0 saturated heterocycles. The molecule has 3 N–H and O–H groups in total. The number of para-hydroxylation sites is 1. The molecule has 8 heteroatoms. The van der Waals surface area contributed by atoms with Crippen LogP contribution in [0.15, 0.2) is 42.7 Å². The van der Waals surface area contributed by atoms with Gasteiger partial charge in [-0.1, -0.05) is 29.8 Å². The van der Waals surface area contributed by atoms with Crippen LogP contribution in [0.25, 0.3) is 10.9 Å². The molecule has 0 atom stereocenters. The van der Waals surface area contributed by atoms with Gasteiger partial charge in [0.25, 0.3) is 0 Å². The van der Waals surface area contributed by atoms with Crippen molar-refractivity contribution < 1.29 is 13.6 Å². The predicted octanol–water partition coefficient (Wildman–Crippen LogP) is 5.37. The van der Waals surface area contributed by atoms with E-state index in [1.807, 2.05) is 24.3 Å². The van der Waals surface area contributed by atoms with E-state index in [1.165, 1.54) is 12.3 Å². The van der Waals surface area contributed by atoms with Gasteiger partial charge in [-0.25, -0.2) is 13.6 Å². The van der Waals surface area contributed by atoms with Gasteiger partial charge in [-0.15, -0.1) is 0 Å². The SMILES string of the molecule is O=C(Nc1cnc(C2CC(F)(F)C2)c(Cl)c1)Nc1c[nH]c2ccccc12. The van der Waals surface area contributed by atoms with Crippen LogP contribution in [0.4, 0.5) is 25.0 Å². The van der Waals surface area contributed by atoms with Crippen molar-refractivity contribution in [2.45, 2.75) is 24.7 Å². The van der Waals surface area contributed by atoms with Crippen LogP contribution >= 0.6 is 11.6 Å². The molecule has 1 saturated carbocycles. The predicted molar refractivity (Wildman–Crippen MR) is 97.1 cm³/mol. The normalized spacial score (nSPS) is 16.3. The highest BCUT2D eigenvalue weighted by molar-refractivity contribution is 6.31. The van der Waals surface area contributed by atoms with Crippen LogP contribution in [0.2, 0.25) is 5.02 Å². The zero-order valence-electron chi connectivity index (χ0n) is 13.5. The Labute approximate surface area is 152 Å². The number of carbonyl (C=O) groups is 1. The topological polar surface area (TPSA) is 69.8 Å². The van der Waals surface area contributed by atoms with Gasteiger partial charge in [0.15, 0.2) is 0 Å². The summed E-state index contributed by atoms with van der Waals surface area (Å²) in [6.07, 6.45) is 2.64. The maximum absolute atomic E-state index is 13.0. The molecule has 2 aromatic heterocycles. The zero-order chi connectivity index (χ0) is 18.3. The number of alkyl halides is 2. The first-order valence-electron chi connectivity index (χ1n) is 8.09. The number of rotatable bonds is 3. The van der Waals surface area contributed by atoms with Gasteiger partial charge in [-0.3, -0.25) is 4.98 Å². The van der Waals surface area contributed by atoms with Crippen molar-refractivity contribution in [3.63, 3.8) is 0 Å². The Morgan fingerprint density at radius 1 is 1.27 bits per heavy atom. The van der Waals surface area contributed by atoms with Gasteiger partial charge in [0.05, 0.1) is 28.3 Å². The molecule has 0 radical (unpaired) electrons. The van der Waals surface area contributed by atoms with E-state index in [9.17, 15) is 13.6 Å². The van der Waals surface area contributed by atoms with Crippen LogP contribution < -0.4 is 10.6 Å². The van der Waals surface area contributed by atoms with E-state index in [2.05, 4.69) is 20.6 Å². The van der Waals surface area contributed by atoms with Crippen LogP contribution in [0.5, 0.6) is 0 Å². The van der Waals surface area contributed by atoms with E-state index in [1.54, 1.807) is 6.20 Å². The highest BCUT2D eigenvalue weighted by Crippen LogP contribution is 2.49. The molecule has 5 nitrogen and oxygen atoms in total. The lowest BCUT2D eigenvalue weighted by molar-refractivity contribution is -0.0875. The molecule has 4 rings (SSSR count). The number of aromatic nitrogens is 2. The van der Waals surface area contributed by atoms with Crippen molar-refractivity contribution in [3.05, 3.63) is 53.4 Å². The molecule has 1 aliphatic carbocycles. The number of H-pyrrole nitrogens is 1. The number of aromatic amines is 1. The number of nitrogens with one attached hydrogen (secondary N) is 3. The summed E-state index contributed by atoms with van der Waals surface area (Å²) in [7, 11) is 0. The number of pyridine rings is 1. The Balaban J connectivity index is 1.44. The van der Waals surface area contributed by atoms with Crippen LogP contribution in [0, 0.1) is 0 Å². The van der Waals surface area contributed by atoms with E-state index in [4.69, 9.17) is 11.6 Å². The van der Waals surface area contributed by atoms with E-state index in [0.29, 0.717) is 17.1 Å². The number of anilines is 2. The van der Waals surface area contributed by atoms with Crippen LogP contribution in [0.3, 0.4) is 0 Å². The molecular weight excluding hydrogens is 362 g/mol. The molecule has 26 heavy (non-hydrogen) atoms. The van der Waals surface area contributed by atoms with E-state index in [0.717, 1.165) is 10.9 Å². The van der Waals surface area contributed by atoms with Crippen molar-refractivity contribution in [2.24, 2.45) is 0 Å². The summed E-state index contributed by atoms with van der Waals surface area (Å²) < 4.78 is 26.0.